The van der Waals surface area contributed by atoms with Crippen LogP contribution in [-0.2, 0) is 0 Å². The molecule has 92 valence electrons. The standard InChI is InChI=1S/C14H14N2O2/c1-3-7-18-14-12(9-15-17)8-11-6-4-5-10(2)13(11)16-14/h3-6,8-9,17H,1,7H2,2H3. The Morgan fingerprint density at radius 1 is 1.50 bits per heavy atom. The van der Waals surface area contributed by atoms with E-state index >= 15 is 0 Å². The minimum atomic E-state index is 0.358. The van der Waals surface area contributed by atoms with E-state index in [0.717, 1.165) is 16.5 Å². The van der Waals surface area contributed by atoms with Gasteiger partial charge in [0, 0.05) is 5.39 Å². The highest BCUT2D eigenvalue weighted by molar-refractivity contribution is 5.91. The van der Waals surface area contributed by atoms with Crippen molar-refractivity contribution in [3.8, 4) is 5.88 Å². The van der Waals surface area contributed by atoms with Crippen molar-refractivity contribution in [1.82, 2.24) is 4.98 Å². The Kier molecular flexibility index (Phi) is 3.57. The molecular formula is C14H14N2O2. The molecule has 4 nitrogen and oxygen atoms in total. The van der Waals surface area contributed by atoms with E-state index in [-0.39, 0.29) is 0 Å². The summed E-state index contributed by atoms with van der Waals surface area (Å²) in [6.07, 6.45) is 2.96. The van der Waals surface area contributed by atoms with Gasteiger partial charge in [-0.2, -0.15) is 0 Å². The Hall–Kier alpha value is -2.36. The fraction of sp³-hybridized carbons (Fsp3) is 0.143. The Balaban J connectivity index is 2.60. The predicted molar refractivity (Wildman–Crippen MR) is 71.6 cm³/mol. The zero-order valence-electron chi connectivity index (χ0n) is 10.1. The molecule has 0 atom stereocenters. The Morgan fingerprint density at radius 2 is 2.33 bits per heavy atom. The molecule has 0 saturated heterocycles. The van der Waals surface area contributed by atoms with Crippen LogP contribution in [0.4, 0.5) is 0 Å². The number of para-hydroxylation sites is 1. The van der Waals surface area contributed by atoms with Gasteiger partial charge < -0.3 is 9.94 Å². The van der Waals surface area contributed by atoms with Gasteiger partial charge in [-0.05, 0) is 18.6 Å². The third-order valence-electron chi connectivity index (χ3n) is 2.57. The topological polar surface area (TPSA) is 54.7 Å². The smallest absolute Gasteiger partial charge is 0.223 e. The maximum atomic E-state index is 8.66. The molecule has 1 aromatic carbocycles. The van der Waals surface area contributed by atoms with Crippen LogP contribution in [0.25, 0.3) is 10.9 Å². The zero-order chi connectivity index (χ0) is 13.0. The number of aromatic nitrogens is 1. The third kappa shape index (κ3) is 2.32. The number of hydrogen-bond donors (Lipinski definition) is 1. The summed E-state index contributed by atoms with van der Waals surface area (Å²) in [5, 5.41) is 12.7. The second-order valence-corrected chi connectivity index (χ2v) is 3.87. The van der Waals surface area contributed by atoms with Gasteiger partial charge in [-0.3, -0.25) is 0 Å². The highest BCUT2D eigenvalue weighted by atomic mass is 16.5. The van der Waals surface area contributed by atoms with Crippen LogP contribution in [-0.4, -0.2) is 23.0 Å². The van der Waals surface area contributed by atoms with Crippen molar-refractivity contribution in [3.05, 3.63) is 48.0 Å². The molecule has 0 radical (unpaired) electrons. The van der Waals surface area contributed by atoms with Crippen molar-refractivity contribution in [2.75, 3.05) is 6.61 Å². The molecule has 1 heterocycles. The Morgan fingerprint density at radius 3 is 3.06 bits per heavy atom. The lowest BCUT2D eigenvalue weighted by Crippen LogP contribution is -2.01. The van der Waals surface area contributed by atoms with Gasteiger partial charge in [0.05, 0.1) is 17.3 Å². The van der Waals surface area contributed by atoms with E-state index in [1.807, 2.05) is 31.2 Å². The summed E-state index contributed by atoms with van der Waals surface area (Å²) >= 11 is 0. The van der Waals surface area contributed by atoms with Crippen molar-refractivity contribution < 1.29 is 9.94 Å². The Labute approximate surface area is 105 Å². The second-order valence-electron chi connectivity index (χ2n) is 3.87. The number of nitrogens with zero attached hydrogens (tertiary/aromatic N) is 2. The quantitative estimate of drug-likeness (QED) is 0.388. The van der Waals surface area contributed by atoms with Crippen LogP contribution >= 0.6 is 0 Å². The maximum Gasteiger partial charge on any atom is 0.223 e. The number of aryl methyl sites for hydroxylation is 1. The van der Waals surface area contributed by atoms with Crippen LogP contribution < -0.4 is 4.74 Å². The van der Waals surface area contributed by atoms with Crippen molar-refractivity contribution in [3.63, 3.8) is 0 Å². The fourth-order valence-corrected chi connectivity index (χ4v) is 1.75. The van der Waals surface area contributed by atoms with E-state index in [2.05, 4.69) is 16.7 Å². The second kappa shape index (κ2) is 5.31. The number of oxime groups is 1. The first-order valence-electron chi connectivity index (χ1n) is 5.57. The number of benzene rings is 1. The van der Waals surface area contributed by atoms with Crippen molar-refractivity contribution in [2.24, 2.45) is 5.16 Å². The molecule has 0 aliphatic heterocycles. The highest BCUT2D eigenvalue weighted by Gasteiger charge is 2.08. The molecule has 0 amide bonds. The van der Waals surface area contributed by atoms with Gasteiger partial charge in [-0.1, -0.05) is 36.0 Å². The van der Waals surface area contributed by atoms with Gasteiger partial charge in [-0.15, -0.1) is 0 Å². The number of fused-ring (bicyclic) bond motifs is 1. The fourth-order valence-electron chi connectivity index (χ4n) is 1.75. The lowest BCUT2D eigenvalue weighted by molar-refractivity contribution is 0.320. The summed E-state index contributed by atoms with van der Waals surface area (Å²) in [4.78, 5) is 4.46. The van der Waals surface area contributed by atoms with E-state index in [1.165, 1.54) is 6.21 Å². The molecular weight excluding hydrogens is 228 g/mol. The monoisotopic (exact) mass is 242 g/mol. The van der Waals surface area contributed by atoms with Gasteiger partial charge in [0.15, 0.2) is 0 Å². The number of rotatable bonds is 4. The van der Waals surface area contributed by atoms with Gasteiger partial charge in [-0.25, -0.2) is 4.98 Å². The molecule has 1 N–H and O–H groups in total. The molecule has 2 rings (SSSR count). The van der Waals surface area contributed by atoms with Crippen LogP contribution in [0.15, 0.2) is 42.1 Å². The van der Waals surface area contributed by atoms with Gasteiger partial charge in [0.2, 0.25) is 5.88 Å². The van der Waals surface area contributed by atoms with Gasteiger partial charge >= 0.3 is 0 Å². The first-order valence-corrected chi connectivity index (χ1v) is 5.57. The maximum absolute atomic E-state index is 8.66. The summed E-state index contributed by atoms with van der Waals surface area (Å²) in [6, 6.07) is 7.80. The van der Waals surface area contributed by atoms with E-state index in [1.54, 1.807) is 6.08 Å². The summed E-state index contributed by atoms with van der Waals surface area (Å²) < 4.78 is 5.47. The molecule has 18 heavy (non-hydrogen) atoms. The summed E-state index contributed by atoms with van der Waals surface area (Å²) in [6.45, 7) is 5.95. The SMILES string of the molecule is C=CCOc1nc2c(C)cccc2cc1C=NO. The van der Waals surface area contributed by atoms with Gasteiger partial charge in [0.1, 0.15) is 6.61 Å². The molecule has 0 unspecified atom stereocenters. The molecule has 1 aromatic heterocycles. The summed E-state index contributed by atoms with van der Waals surface area (Å²) in [7, 11) is 0. The molecule has 0 fully saturated rings. The van der Waals surface area contributed by atoms with Gasteiger partial charge in [0.25, 0.3) is 0 Å². The lowest BCUT2D eigenvalue weighted by Gasteiger charge is -2.09. The van der Waals surface area contributed by atoms with E-state index in [4.69, 9.17) is 9.94 Å². The largest absolute Gasteiger partial charge is 0.473 e. The molecule has 0 bridgehead atoms. The lowest BCUT2D eigenvalue weighted by atomic mass is 10.1. The molecule has 0 saturated carbocycles. The first-order chi connectivity index (χ1) is 8.76. The molecule has 0 spiro atoms. The minimum Gasteiger partial charge on any atom is -0.473 e. The number of ether oxygens (including phenoxy) is 1. The van der Waals surface area contributed by atoms with Crippen molar-refractivity contribution >= 4 is 17.1 Å². The summed E-state index contributed by atoms with van der Waals surface area (Å²) in [5.74, 6) is 0.439. The first kappa shape index (κ1) is 12.1. The van der Waals surface area contributed by atoms with Crippen LogP contribution in [0.3, 0.4) is 0 Å². The average Bonchev–Trinajstić information content (AvgIpc) is 2.37. The minimum absolute atomic E-state index is 0.358. The Bertz CT molecular complexity index is 606. The third-order valence-corrected chi connectivity index (χ3v) is 2.57. The van der Waals surface area contributed by atoms with Crippen LogP contribution in [0.2, 0.25) is 0 Å². The molecule has 4 heteroatoms. The van der Waals surface area contributed by atoms with Crippen molar-refractivity contribution in [1.29, 1.82) is 0 Å². The predicted octanol–water partition coefficient (Wildman–Crippen LogP) is 2.92. The summed E-state index contributed by atoms with van der Waals surface area (Å²) in [5.41, 5.74) is 2.59. The van der Waals surface area contributed by atoms with E-state index in [9.17, 15) is 0 Å². The molecule has 0 aliphatic carbocycles. The highest BCUT2D eigenvalue weighted by Crippen LogP contribution is 2.23. The number of pyridine rings is 1. The van der Waals surface area contributed by atoms with Crippen LogP contribution in [0, 0.1) is 6.92 Å². The zero-order valence-corrected chi connectivity index (χ0v) is 10.1. The molecule has 0 aliphatic rings. The normalized spacial score (nSPS) is 10.9. The van der Waals surface area contributed by atoms with Crippen LogP contribution in [0.5, 0.6) is 5.88 Å². The van der Waals surface area contributed by atoms with E-state index in [0.29, 0.717) is 18.1 Å². The number of hydrogen-bond acceptors (Lipinski definition) is 4. The molecule has 2 aromatic rings. The van der Waals surface area contributed by atoms with E-state index < -0.39 is 0 Å². The van der Waals surface area contributed by atoms with Crippen LogP contribution in [0.1, 0.15) is 11.1 Å². The van der Waals surface area contributed by atoms with Crippen molar-refractivity contribution in [2.45, 2.75) is 6.92 Å². The average molecular weight is 242 g/mol.